The smallest absolute Gasteiger partial charge is 0.137 e. The van der Waals surface area contributed by atoms with Gasteiger partial charge in [0.15, 0.2) is 0 Å². The second-order valence-corrected chi connectivity index (χ2v) is 6.01. The van der Waals surface area contributed by atoms with Crippen molar-refractivity contribution in [3.05, 3.63) is 24.5 Å². The molecule has 1 aromatic heterocycles. The van der Waals surface area contributed by atoms with Crippen molar-refractivity contribution >= 4 is 34.2 Å². The average Bonchev–Trinajstić information content (AvgIpc) is 3.16. The Kier molecular flexibility index (Phi) is 2.78. The predicted octanol–water partition coefficient (Wildman–Crippen LogP) is 2.52. The van der Waals surface area contributed by atoms with E-state index in [0.29, 0.717) is 4.75 Å². The molecule has 3 rings (SSSR count). The maximum Gasteiger partial charge on any atom is 0.137 e. The molecule has 0 unspecified atom stereocenters. The maximum atomic E-state index is 5.76. The molecule has 1 aliphatic rings. The summed E-state index contributed by atoms with van der Waals surface area (Å²) in [5.41, 5.74) is 7.39. The van der Waals surface area contributed by atoms with Gasteiger partial charge in [-0.05, 0) is 37.3 Å². The van der Waals surface area contributed by atoms with Crippen molar-refractivity contribution in [2.75, 3.05) is 23.9 Å². The minimum Gasteiger partial charge on any atom is -0.399 e. The van der Waals surface area contributed by atoms with Crippen LogP contribution in [0.1, 0.15) is 12.8 Å². The van der Waals surface area contributed by atoms with E-state index in [4.69, 9.17) is 5.73 Å². The fraction of sp³-hybridized carbons (Fsp3) is 0.385. The SMILES string of the molecule is CSC1(CNc2ncnc3cc(N)ccc23)CC1. The van der Waals surface area contributed by atoms with Crippen LogP contribution in [0.2, 0.25) is 0 Å². The highest BCUT2D eigenvalue weighted by molar-refractivity contribution is 8.00. The molecule has 1 saturated carbocycles. The highest BCUT2D eigenvalue weighted by Crippen LogP contribution is 2.47. The lowest BCUT2D eigenvalue weighted by Gasteiger charge is -2.14. The van der Waals surface area contributed by atoms with Gasteiger partial charge in [-0.1, -0.05) is 0 Å². The molecular weight excluding hydrogens is 244 g/mol. The fourth-order valence-electron chi connectivity index (χ4n) is 2.05. The highest BCUT2D eigenvalue weighted by atomic mass is 32.2. The summed E-state index contributed by atoms with van der Waals surface area (Å²) in [4.78, 5) is 8.58. The Hall–Kier alpha value is -1.49. The summed E-state index contributed by atoms with van der Waals surface area (Å²) < 4.78 is 0.422. The minimum absolute atomic E-state index is 0.422. The molecule has 4 nitrogen and oxygen atoms in total. The fourth-order valence-corrected chi connectivity index (χ4v) is 2.78. The van der Waals surface area contributed by atoms with Crippen molar-refractivity contribution in [3.8, 4) is 0 Å². The molecule has 1 aliphatic carbocycles. The largest absolute Gasteiger partial charge is 0.399 e. The van der Waals surface area contributed by atoms with Gasteiger partial charge in [-0.2, -0.15) is 11.8 Å². The molecule has 0 atom stereocenters. The topological polar surface area (TPSA) is 63.8 Å². The molecule has 1 aromatic carbocycles. The second-order valence-electron chi connectivity index (χ2n) is 4.74. The number of benzene rings is 1. The van der Waals surface area contributed by atoms with Crippen LogP contribution in [0.3, 0.4) is 0 Å². The van der Waals surface area contributed by atoms with Gasteiger partial charge in [0.25, 0.3) is 0 Å². The maximum absolute atomic E-state index is 5.76. The van der Waals surface area contributed by atoms with Crippen LogP contribution in [0.15, 0.2) is 24.5 Å². The second kappa shape index (κ2) is 4.31. The number of thioether (sulfide) groups is 1. The Morgan fingerprint density at radius 3 is 2.94 bits per heavy atom. The first-order valence-corrected chi connectivity index (χ1v) is 7.24. The zero-order valence-electron chi connectivity index (χ0n) is 10.3. The number of rotatable bonds is 4. The van der Waals surface area contributed by atoms with E-state index in [-0.39, 0.29) is 0 Å². The van der Waals surface area contributed by atoms with Gasteiger partial charge in [-0.25, -0.2) is 9.97 Å². The number of anilines is 2. The van der Waals surface area contributed by atoms with Gasteiger partial charge in [-0.15, -0.1) is 0 Å². The van der Waals surface area contributed by atoms with Gasteiger partial charge < -0.3 is 11.1 Å². The Balaban J connectivity index is 1.87. The number of nitrogen functional groups attached to an aromatic ring is 1. The number of fused-ring (bicyclic) bond motifs is 1. The first-order valence-electron chi connectivity index (χ1n) is 6.02. The Morgan fingerprint density at radius 1 is 1.39 bits per heavy atom. The van der Waals surface area contributed by atoms with Crippen molar-refractivity contribution in [2.45, 2.75) is 17.6 Å². The number of aromatic nitrogens is 2. The van der Waals surface area contributed by atoms with Gasteiger partial charge in [0, 0.05) is 22.4 Å². The van der Waals surface area contributed by atoms with Crippen molar-refractivity contribution < 1.29 is 0 Å². The molecule has 0 saturated heterocycles. The molecule has 0 radical (unpaired) electrons. The molecule has 1 heterocycles. The standard InChI is InChI=1S/C13H16N4S/c1-18-13(4-5-13)7-15-12-10-3-2-9(14)6-11(10)16-8-17-12/h2-3,6,8H,4-5,7,14H2,1H3,(H,15,16,17). The third-order valence-electron chi connectivity index (χ3n) is 3.48. The molecule has 0 spiro atoms. The Labute approximate surface area is 110 Å². The van der Waals surface area contributed by atoms with E-state index in [0.717, 1.165) is 29.0 Å². The van der Waals surface area contributed by atoms with E-state index in [2.05, 4.69) is 21.5 Å². The van der Waals surface area contributed by atoms with E-state index in [1.54, 1.807) is 6.33 Å². The lowest BCUT2D eigenvalue weighted by Crippen LogP contribution is -2.18. The molecule has 3 N–H and O–H groups in total. The summed E-state index contributed by atoms with van der Waals surface area (Å²) in [7, 11) is 0. The molecule has 0 aliphatic heterocycles. The van der Waals surface area contributed by atoms with E-state index in [1.807, 2.05) is 30.0 Å². The summed E-state index contributed by atoms with van der Waals surface area (Å²) in [5, 5.41) is 4.48. The minimum atomic E-state index is 0.422. The Morgan fingerprint density at radius 2 is 2.22 bits per heavy atom. The predicted molar refractivity (Wildman–Crippen MR) is 77.9 cm³/mol. The molecule has 1 fully saturated rings. The third kappa shape index (κ3) is 2.10. The summed E-state index contributed by atoms with van der Waals surface area (Å²) in [6.45, 7) is 0.963. The number of hydrogen-bond acceptors (Lipinski definition) is 5. The zero-order valence-corrected chi connectivity index (χ0v) is 11.1. The number of nitrogens with zero attached hydrogens (tertiary/aromatic N) is 2. The first-order chi connectivity index (χ1) is 8.72. The van der Waals surface area contributed by atoms with E-state index >= 15 is 0 Å². The van der Waals surface area contributed by atoms with Gasteiger partial charge in [-0.3, -0.25) is 0 Å². The van der Waals surface area contributed by atoms with Crippen LogP contribution in [-0.4, -0.2) is 27.5 Å². The number of nitrogens with one attached hydrogen (secondary N) is 1. The van der Waals surface area contributed by atoms with Crippen molar-refractivity contribution in [1.29, 1.82) is 0 Å². The number of hydrogen-bond donors (Lipinski definition) is 2. The molecule has 0 amide bonds. The van der Waals surface area contributed by atoms with Crippen LogP contribution >= 0.6 is 11.8 Å². The molecule has 2 aromatic rings. The third-order valence-corrected chi connectivity index (χ3v) is 4.90. The first kappa shape index (κ1) is 11.6. The Bertz CT molecular complexity index is 580. The van der Waals surface area contributed by atoms with E-state index in [1.165, 1.54) is 12.8 Å². The molecule has 94 valence electrons. The molecule has 0 bridgehead atoms. The summed E-state index contributed by atoms with van der Waals surface area (Å²) >= 11 is 1.94. The summed E-state index contributed by atoms with van der Waals surface area (Å²) in [6.07, 6.45) is 6.34. The van der Waals surface area contributed by atoms with Crippen LogP contribution < -0.4 is 11.1 Å². The van der Waals surface area contributed by atoms with Gasteiger partial charge in [0.05, 0.1) is 5.52 Å². The number of nitrogens with two attached hydrogens (primary N) is 1. The van der Waals surface area contributed by atoms with Gasteiger partial charge >= 0.3 is 0 Å². The monoisotopic (exact) mass is 260 g/mol. The molecular formula is C13H16N4S. The normalized spacial score (nSPS) is 16.7. The quantitative estimate of drug-likeness (QED) is 0.827. The van der Waals surface area contributed by atoms with Crippen LogP contribution in [0.5, 0.6) is 0 Å². The zero-order chi connectivity index (χ0) is 12.6. The van der Waals surface area contributed by atoms with Crippen LogP contribution in [0.25, 0.3) is 10.9 Å². The van der Waals surface area contributed by atoms with Crippen LogP contribution in [0, 0.1) is 0 Å². The highest BCUT2D eigenvalue weighted by Gasteiger charge is 2.41. The van der Waals surface area contributed by atoms with Crippen molar-refractivity contribution in [3.63, 3.8) is 0 Å². The summed E-state index contributed by atoms with van der Waals surface area (Å²) in [6, 6.07) is 5.74. The lowest BCUT2D eigenvalue weighted by molar-refractivity contribution is 0.941. The van der Waals surface area contributed by atoms with Crippen LogP contribution in [-0.2, 0) is 0 Å². The van der Waals surface area contributed by atoms with Crippen LogP contribution in [0.4, 0.5) is 11.5 Å². The lowest BCUT2D eigenvalue weighted by atomic mass is 10.2. The summed E-state index contributed by atoms with van der Waals surface area (Å²) in [5.74, 6) is 0.903. The molecule has 5 heteroatoms. The van der Waals surface area contributed by atoms with Crippen molar-refractivity contribution in [2.24, 2.45) is 0 Å². The van der Waals surface area contributed by atoms with E-state index in [9.17, 15) is 0 Å². The van der Waals surface area contributed by atoms with Gasteiger partial charge in [0.2, 0.25) is 0 Å². The van der Waals surface area contributed by atoms with E-state index < -0.39 is 0 Å². The van der Waals surface area contributed by atoms with Gasteiger partial charge in [0.1, 0.15) is 12.1 Å². The molecule has 18 heavy (non-hydrogen) atoms. The average molecular weight is 260 g/mol. The van der Waals surface area contributed by atoms with Crippen molar-refractivity contribution in [1.82, 2.24) is 9.97 Å².